The summed E-state index contributed by atoms with van der Waals surface area (Å²) >= 11 is 1.28. The van der Waals surface area contributed by atoms with Crippen LogP contribution in [0.15, 0.2) is 36.0 Å². The van der Waals surface area contributed by atoms with E-state index in [0.29, 0.717) is 5.56 Å². The Bertz CT molecular complexity index is 777. The van der Waals surface area contributed by atoms with Gasteiger partial charge >= 0.3 is 0 Å². The number of aromatic nitrogens is 3. The van der Waals surface area contributed by atoms with Gasteiger partial charge in [0.05, 0.1) is 11.3 Å². The van der Waals surface area contributed by atoms with Crippen LogP contribution in [0.5, 0.6) is 0 Å². The molecule has 0 aliphatic rings. The predicted molar refractivity (Wildman–Crippen MR) is 83.6 cm³/mol. The highest BCUT2D eigenvalue weighted by Crippen LogP contribution is 2.24. The number of carbonyl (C=O) groups excluding carboxylic acids is 1. The molecule has 0 spiro atoms. The van der Waals surface area contributed by atoms with Gasteiger partial charge in [0, 0.05) is 29.0 Å². The van der Waals surface area contributed by atoms with Crippen LogP contribution in [0, 0.1) is 13.8 Å². The van der Waals surface area contributed by atoms with Gasteiger partial charge in [0.1, 0.15) is 5.82 Å². The summed E-state index contributed by atoms with van der Waals surface area (Å²) in [4.78, 5) is 19.6. The number of amides is 1. The molecule has 0 unspecified atom stereocenters. The summed E-state index contributed by atoms with van der Waals surface area (Å²) in [6.45, 7) is 3.79. The number of anilines is 1. The third-order valence-electron chi connectivity index (χ3n) is 3.25. The molecule has 2 N–H and O–H groups in total. The molecule has 0 radical (unpaired) electrons. The number of hydrogen-bond donors (Lipinski definition) is 2. The normalized spacial score (nSPS) is 10.6. The van der Waals surface area contributed by atoms with E-state index in [0.717, 1.165) is 28.3 Å². The lowest BCUT2D eigenvalue weighted by Crippen LogP contribution is -2.13. The Labute approximate surface area is 126 Å². The van der Waals surface area contributed by atoms with Crippen LogP contribution in [0.2, 0.25) is 0 Å². The molecular weight excluding hydrogens is 284 g/mol. The number of H-pyrrole nitrogens is 1. The lowest BCUT2D eigenvalue weighted by Gasteiger charge is -2.09. The summed E-state index contributed by atoms with van der Waals surface area (Å²) < 4.78 is 4.13. The molecule has 6 heteroatoms. The highest BCUT2D eigenvalue weighted by molar-refractivity contribution is 7.04. The molecule has 1 aromatic carbocycles. The quantitative estimate of drug-likeness (QED) is 0.778. The summed E-state index contributed by atoms with van der Waals surface area (Å²) in [6.07, 6.45) is 3.47. The molecule has 0 fully saturated rings. The Morgan fingerprint density at radius 1 is 1.33 bits per heavy atom. The number of carbonyl (C=O) groups is 1. The second-order valence-corrected chi connectivity index (χ2v) is 5.36. The Morgan fingerprint density at radius 3 is 2.86 bits per heavy atom. The average molecular weight is 298 g/mol. The number of nitrogens with one attached hydrogen (secondary N) is 2. The Balaban J connectivity index is 1.90. The Morgan fingerprint density at radius 2 is 2.19 bits per heavy atom. The molecule has 21 heavy (non-hydrogen) atoms. The van der Waals surface area contributed by atoms with Crippen molar-refractivity contribution in [3.63, 3.8) is 0 Å². The van der Waals surface area contributed by atoms with Crippen molar-refractivity contribution in [2.75, 3.05) is 5.32 Å². The van der Waals surface area contributed by atoms with Crippen molar-refractivity contribution < 1.29 is 4.79 Å². The van der Waals surface area contributed by atoms with Gasteiger partial charge in [-0.25, -0.2) is 4.98 Å². The van der Waals surface area contributed by atoms with Gasteiger partial charge in [-0.1, -0.05) is 12.1 Å². The van der Waals surface area contributed by atoms with E-state index in [-0.39, 0.29) is 5.91 Å². The number of aryl methyl sites for hydroxylation is 2. The smallest absolute Gasteiger partial charge is 0.258 e. The lowest BCUT2D eigenvalue weighted by atomic mass is 10.1. The largest absolute Gasteiger partial charge is 0.345 e. The van der Waals surface area contributed by atoms with Gasteiger partial charge in [-0.05, 0) is 37.0 Å². The van der Waals surface area contributed by atoms with Crippen molar-refractivity contribution in [3.8, 4) is 11.4 Å². The Kier molecular flexibility index (Phi) is 3.53. The van der Waals surface area contributed by atoms with Gasteiger partial charge in [0.2, 0.25) is 0 Å². The van der Waals surface area contributed by atoms with Crippen LogP contribution in [0.1, 0.15) is 21.6 Å². The number of aromatic amines is 1. The third kappa shape index (κ3) is 2.71. The molecule has 2 heterocycles. The van der Waals surface area contributed by atoms with Crippen LogP contribution < -0.4 is 5.32 Å². The number of hydrogen-bond acceptors (Lipinski definition) is 4. The number of rotatable bonds is 3. The molecule has 3 aromatic rings. The molecule has 2 aromatic heterocycles. The first-order valence-corrected chi connectivity index (χ1v) is 7.31. The van der Waals surface area contributed by atoms with Crippen molar-refractivity contribution >= 4 is 23.1 Å². The van der Waals surface area contributed by atoms with Crippen molar-refractivity contribution in [2.45, 2.75) is 13.8 Å². The number of imidazole rings is 1. The minimum absolute atomic E-state index is 0.138. The molecule has 5 nitrogen and oxygen atoms in total. The highest BCUT2D eigenvalue weighted by atomic mass is 32.1. The van der Waals surface area contributed by atoms with E-state index in [2.05, 4.69) is 19.7 Å². The van der Waals surface area contributed by atoms with Gasteiger partial charge in [0.15, 0.2) is 0 Å². The molecule has 0 aliphatic carbocycles. The zero-order valence-corrected chi connectivity index (χ0v) is 12.5. The molecule has 0 aliphatic heterocycles. The monoisotopic (exact) mass is 298 g/mol. The van der Waals surface area contributed by atoms with Gasteiger partial charge in [-0.2, -0.15) is 4.37 Å². The summed E-state index contributed by atoms with van der Waals surface area (Å²) in [6, 6.07) is 5.86. The second-order valence-electron chi connectivity index (χ2n) is 4.74. The van der Waals surface area contributed by atoms with Gasteiger partial charge in [-0.3, -0.25) is 4.79 Å². The summed E-state index contributed by atoms with van der Waals surface area (Å²) in [5.74, 6) is 0.639. The van der Waals surface area contributed by atoms with Crippen LogP contribution in [-0.2, 0) is 0 Å². The maximum atomic E-state index is 12.3. The molecule has 106 valence electrons. The maximum Gasteiger partial charge on any atom is 0.258 e. The molecule has 0 bridgehead atoms. The Hall–Kier alpha value is -2.47. The summed E-state index contributed by atoms with van der Waals surface area (Å²) in [5, 5.41) is 4.70. The van der Waals surface area contributed by atoms with Crippen molar-refractivity contribution in [1.82, 2.24) is 14.3 Å². The van der Waals surface area contributed by atoms with Crippen LogP contribution in [0.4, 0.5) is 5.69 Å². The first-order valence-electron chi connectivity index (χ1n) is 6.48. The first-order chi connectivity index (χ1) is 10.1. The minimum Gasteiger partial charge on any atom is -0.345 e. The van der Waals surface area contributed by atoms with Crippen LogP contribution in [0.25, 0.3) is 11.4 Å². The first kappa shape index (κ1) is 13.5. The van der Waals surface area contributed by atoms with E-state index in [9.17, 15) is 4.79 Å². The van der Waals surface area contributed by atoms with Gasteiger partial charge < -0.3 is 10.3 Å². The predicted octanol–water partition coefficient (Wildman–Crippen LogP) is 3.40. The number of nitrogens with zero attached hydrogens (tertiary/aromatic N) is 2. The standard InChI is InChI=1S/C15H14N4OS/c1-9-3-4-11(14-16-5-6-17-14)7-13(9)18-15(20)12-8-21-19-10(12)2/h3-8H,1-2H3,(H,16,17)(H,18,20). The fourth-order valence-electron chi connectivity index (χ4n) is 2.03. The highest BCUT2D eigenvalue weighted by Gasteiger charge is 2.13. The van der Waals surface area contributed by atoms with Crippen LogP contribution in [0.3, 0.4) is 0 Å². The molecule has 0 saturated carbocycles. The molecule has 0 atom stereocenters. The van der Waals surface area contributed by atoms with Gasteiger partial charge in [-0.15, -0.1) is 0 Å². The van der Waals surface area contributed by atoms with E-state index in [1.54, 1.807) is 17.8 Å². The van der Waals surface area contributed by atoms with Crippen molar-refractivity contribution in [1.29, 1.82) is 0 Å². The number of benzene rings is 1. The van der Waals surface area contributed by atoms with E-state index in [4.69, 9.17) is 0 Å². The van der Waals surface area contributed by atoms with E-state index < -0.39 is 0 Å². The maximum absolute atomic E-state index is 12.3. The van der Waals surface area contributed by atoms with Crippen LogP contribution >= 0.6 is 11.5 Å². The lowest BCUT2D eigenvalue weighted by molar-refractivity contribution is 0.102. The zero-order chi connectivity index (χ0) is 14.8. The molecular formula is C15H14N4OS. The van der Waals surface area contributed by atoms with Crippen LogP contribution in [-0.4, -0.2) is 20.2 Å². The molecule has 1 amide bonds. The van der Waals surface area contributed by atoms with Crippen molar-refractivity contribution in [2.24, 2.45) is 0 Å². The zero-order valence-electron chi connectivity index (χ0n) is 11.7. The fraction of sp³-hybridized carbons (Fsp3) is 0.133. The van der Waals surface area contributed by atoms with E-state index >= 15 is 0 Å². The van der Waals surface area contributed by atoms with Crippen molar-refractivity contribution in [3.05, 3.63) is 52.8 Å². The SMILES string of the molecule is Cc1ccc(-c2ncc[nH]2)cc1NC(=O)c1csnc1C. The summed E-state index contributed by atoms with van der Waals surface area (Å²) in [5.41, 5.74) is 4.07. The summed E-state index contributed by atoms with van der Waals surface area (Å²) in [7, 11) is 0. The van der Waals surface area contributed by atoms with E-state index in [1.165, 1.54) is 11.5 Å². The third-order valence-corrected chi connectivity index (χ3v) is 3.97. The minimum atomic E-state index is -0.138. The van der Waals surface area contributed by atoms with E-state index in [1.807, 2.05) is 32.0 Å². The average Bonchev–Trinajstić information content (AvgIpc) is 3.12. The topological polar surface area (TPSA) is 70.7 Å². The fourth-order valence-corrected chi connectivity index (χ4v) is 2.72. The molecule has 0 saturated heterocycles. The molecule has 3 rings (SSSR count). The second kappa shape index (κ2) is 5.49. The van der Waals surface area contributed by atoms with Gasteiger partial charge in [0.25, 0.3) is 5.91 Å².